The van der Waals surface area contributed by atoms with E-state index in [0.717, 1.165) is 6.07 Å². The minimum absolute atomic E-state index is 0.0375. The number of ketones is 1. The molecule has 0 unspecified atom stereocenters. The van der Waals surface area contributed by atoms with Gasteiger partial charge >= 0.3 is 0 Å². The van der Waals surface area contributed by atoms with Crippen molar-refractivity contribution in [2.24, 2.45) is 0 Å². The first kappa shape index (κ1) is 11.4. The molecule has 0 aromatic heterocycles. The smallest absolute Gasteiger partial charge is 0.174 e. The van der Waals surface area contributed by atoms with Crippen LogP contribution < -0.4 is 0 Å². The van der Waals surface area contributed by atoms with Crippen LogP contribution in [0.15, 0.2) is 12.1 Å². The quantitative estimate of drug-likeness (QED) is 0.333. The lowest BCUT2D eigenvalue weighted by atomic mass is 10.1. The highest BCUT2D eigenvalue weighted by Gasteiger charge is 2.12. The van der Waals surface area contributed by atoms with E-state index in [4.69, 9.17) is 11.6 Å². The molecule has 0 bridgehead atoms. The first-order valence-corrected chi connectivity index (χ1v) is 5.87. The fourth-order valence-electron chi connectivity index (χ4n) is 0.808. The fraction of sp³-hybridized carbons (Fsp3) is 0.125. The maximum absolute atomic E-state index is 13.0. The Balaban J connectivity index is 3.23. The van der Waals surface area contributed by atoms with E-state index in [1.165, 1.54) is 6.07 Å². The van der Waals surface area contributed by atoms with E-state index in [-0.39, 0.29) is 16.1 Å². The molecule has 0 aliphatic rings. The molecule has 0 atom stereocenters. The topological polar surface area (TPSA) is 17.1 Å². The van der Waals surface area contributed by atoms with Crippen LogP contribution in [0.2, 0.25) is 5.02 Å². The molecule has 0 spiro atoms. The second kappa shape index (κ2) is 4.70. The summed E-state index contributed by atoms with van der Waals surface area (Å²) in [6.07, 6.45) is 0. The third-order valence-corrected chi connectivity index (χ3v) is 3.12. The SMILES string of the molecule is O=C(CBr)c1cc(F)c(Cl)cc1I. The second-order valence-electron chi connectivity index (χ2n) is 2.30. The van der Waals surface area contributed by atoms with Gasteiger partial charge in [-0.2, -0.15) is 0 Å². The summed E-state index contributed by atoms with van der Waals surface area (Å²) in [5, 5.41) is 0.222. The molecule has 70 valence electrons. The number of hydrogen-bond donors (Lipinski definition) is 0. The van der Waals surface area contributed by atoms with Gasteiger partial charge in [-0.15, -0.1) is 0 Å². The third kappa shape index (κ3) is 2.63. The number of carbonyl (C=O) groups is 1. The summed E-state index contributed by atoms with van der Waals surface area (Å²) in [6.45, 7) is 0. The standard InChI is InChI=1S/C8H4BrClFIO/c9-3-8(13)4-1-6(11)5(10)2-7(4)12/h1-2H,3H2. The monoisotopic (exact) mass is 376 g/mol. The van der Waals surface area contributed by atoms with Gasteiger partial charge in [0.05, 0.1) is 10.4 Å². The predicted molar refractivity (Wildman–Crippen MR) is 62.3 cm³/mol. The molecule has 0 saturated heterocycles. The van der Waals surface area contributed by atoms with Crippen LogP contribution in [0.4, 0.5) is 4.39 Å². The molecule has 0 amide bonds. The molecule has 1 rings (SSSR count). The van der Waals surface area contributed by atoms with Crippen LogP contribution in [-0.2, 0) is 0 Å². The van der Waals surface area contributed by atoms with E-state index in [1.54, 1.807) is 0 Å². The third-order valence-electron chi connectivity index (χ3n) is 1.43. The van der Waals surface area contributed by atoms with Gasteiger partial charge < -0.3 is 0 Å². The molecule has 1 aromatic carbocycles. The normalized spacial score (nSPS) is 10.2. The van der Waals surface area contributed by atoms with E-state index in [0.29, 0.717) is 9.13 Å². The number of hydrogen-bond acceptors (Lipinski definition) is 1. The fourth-order valence-corrected chi connectivity index (χ4v) is 2.23. The van der Waals surface area contributed by atoms with E-state index < -0.39 is 5.82 Å². The van der Waals surface area contributed by atoms with E-state index in [9.17, 15) is 9.18 Å². The van der Waals surface area contributed by atoms with Gasteiger partial charge in [0.15, 0.2) is 5.78 Å². The summed E-state index contributed by atoms with van der Waals surface area (Å²) in [7, 11) is 0. The lowest BCUT2D eigenvalue weighted by Crippen LogP contribution is -2.03. The number of rotatable bonds is 2. The summed E-state index contributed by atoms with van der Waals surface area (Å²) < 4.78 is 13.6. The van der Waals surface area contributed by atoms with Gasteiger partial charge in [-0.3, -0.25) is 4.79 Å². The van der Waals surface area contributed by atoms with Gasteiger partial charge in [0.1, 0.15) is 5.82 Å². The van der Waals surface area contributed by atoms with Crippen LogP contribution in [-0.4, -0.2) is 11.1 Å². The maximum atomic E-state index is 13.0. The molecule has 0 heterocycles. The number of Topliss-reactive ketones (excluding diaryl/α,β-unsaturated/α-hetero) is 1. The van der Waals surface area contributed by atoms with Gasteiger partial charge in [-0.1, -0.05) is 27.5 Å². The zero-order valence-corrected chi connectivity index (χ0v) is 10.8. The molecule has 0 saturated carbocycles. The molecule has 0 aliphatic heterocycles. The van der Waals surface area contributed by atoms with Crippen molar-refractivity contribution < 1.29 is 9.18 Å². The largest absolute Gasteiger partial charge is 0.293 e. The van der Waals surface area contributed by atoms with Crippen molar-refractivity contribution in [2.45, 2.75) is 0 Å². The Morgan fingerprint density at radius 2 is 2.23 bits per heavy atom. The Labute approximate surface area is 102 Å². The summed E-state index contributed by atoms with van der Waals surface area (Å²) in [6, 6.07) is 2.60. The number of alkyl halides is 1. The summed E-state index contributed by atoms with van der Waals surface area (Å²) >= 11 is 10.5. The maximum Gasteiger partial charge on any atom is 0.174 e. The minimum atomic E-state index is -0.564. The van der Waals surface area contributed by atoms with Crippen molar-refractivity contribution in [1.29, 1.82) is 0 Å². The predicted octanol–water partition coefficient (Wildman–Crippen LogP) is 3.66. The molecule has 1 nitrogen and oxygen atoms in total. The molecular weight excluding hydrogens is 373 g/mol. The van der Waals surface area contributed by atoms with Crippen molar-refractivity contribution in [1.82, 2.24) is 0 Å². The lowest BCUT2D eigenvalue weighted by Gasteiger charge is -2.02. The minimum Gasteiger partial charge on any atom is -0.293 e. The first-order chi connectivity index (χ1) is 6.06. The Hall–Kier alpha value is 0.320. The van der Waals surface area contributed by atoms with Gasteiger partial charge in [0.25, 0.3) is 0 Å². The average Bonchev–Trinajstić information content (AvgIpc) is 2.10. The Bertz CT molecular complexity index is 356. The molecular formula is C8H4BrClFIO. The highest BCUT2D eigenvalue weighted by Crippen LogP contribution is 2.22. The second-order valence-corrected chi connectivity index (χ2v) is 4.43. The van der Waals surface area contributed by atoms with Crippen molar-refractivity contribution in [3.05, 3.63) is 32.1 Å². The van der Waals surface area contributed by atoms with E-state index in [1.807, 2.05) is 22.6 Å². The van der Waals surface area contributed by atoms with Gasteiger partial charge in [0.2, 0.25) is 0 Å². The van der Waals surface area contributed by atoms with Gasteiger partial charge in [0, 0.05) is 9.13 Å². The van der Waals surface area contributed by atoms with Crippen molar-refractivity contribution in [3.8, 4) is 0 Å². The lowest BCUT2D eigenvalue weighted by molar-refractivity contribution is 0.102. The van der Waals surface area contributed by atoms with Crippen LogP contribution in [0.5, 0.6) is 0 Å². The van der Waals surface area contributed by atoms with Crippen molar-refractivity contribution in [3.63, 3.8) is 0 Å². The zero-order chi connectivity index (χ0) is 10.0. The van der Waals surface area contributed by atoms with Crippen LogP contribution >= 0.6 is 50.1 Å². The van der Waals surface area contributed by atoms with Crippen molar-refractivity contribution in [2.75, 3.05) is 5.33 Å². The average molecular weight is 377 g/mol. The Kier molecular flexibility index (Phi) is 4.12. The summed E-state index contributed by atoms with van der Waals surface area (Å²) in [5.41, 5.74) is 0.361. The van der Waals surface area contributed by atoms with Crippen LogP contribution in [0.25, 0.3) is 0 Å². The van der Waals surface area contributed by atoms with E-state index >= 15 is 0 Å². The molecule has 13 heavy (non-hydrogen) atoms. The van der Waals surface area contributed by atoms with E-state index in [2.05, 4.69) is 15.9 Å². The highest BCUT2D eigenvalue weighted by molar-refractivity contribution is 14.1. The molecule has 5 heteroatoms. The van der Waals surface area contributed by atoms with Crippen molar-refractivity contribution >= 4 is 55.9 Å². The first-order valence-electron chi connectivity index (χ1n) is 3.30. The molecule has 0 radical (unpaired) electrons. The molecule has 0 N–H and O–H groups in total. The number of benzene rings is 1. The van der Waals surface area contributed by atoms with Crippen LogP contribution in [0, 0.1) is 9.39 Å². The zero-order valence-electron chi connectivity index (χ0n) is 6.28. The Morgan fingerprint density at radius 3 is 2.77 bits per heavy atom. The van der Waals surface area contributed by atoms with Crippen LogP contribution in [0.3, 0.4) is 0 Å². The molecule has 0 aliphatic carbocycles. The molecule has 1 aromatic rings. The number of carbonyl (C=O) groups excluding carboxylic acids is 1. The number of halogens is 4. The highest BCUT2D eigenvalue weighted by atomic mass is 127. The Morgan fingerprint density at radius 1 is 1.62 bits per heavy atom. The summed E-state index contributed by atoms with van der Waals surface area (Å²) in [4.78, 5) is 11.2. The van der Waals surface area contributed by atoms with Gasteiger partial charge in [-0.05, 0) is 34.7 Å². The van der Waals surface area contributed by atoms with Gasteiger partial charge in [-0.25, -0.2) is 4.39 Å². The van der Waals surface area contributed by atoms with Crippen LogP contribution in [0.1, 0.15) is 10.4 Å². The summed E-state index contributed by atoms with van der Waals surface area (Å²) in [5.74, 6) is -0.716. The molecule has 0 fully saturated rings.